The van der Waals surface area contributed by atoms with Gasteiger partial charge in [0.1, 0.15) is 0 Å². The summed E-state index contributed by atoms with van der Waals surface area (Å²) in [6.07, 6.45) is 3.91. The quantitative estimate of drug-likeness (QED) is 0.760. The maximum absolute atomic E-state index is 6.00. The standard InChI is InChI=1S/C11H15BrClNS/c12-9-5-11(15-8-9)7-14-4-2-1-3-10(14)6-13/h5,8,10H,1-4,6-7H2. The molecule has 1 atom stereocenters. The van der Waals surface area contributed by atoms with Gasteiger partial charge in [0.25, 0.3) is 0 Å². The van der Waals surface area contributed by atoms with Crippen molar-refractivity contribution in [3.63, 3.8) is 0 Å². The summed E-state index contributed by atoms with van der Waals surface area (Å²) in [4.78, 5) is 3.95. The molecule has 0 aliphatic carbocycles. The molecule has 2 rings (SSSR count). The number of piperidine rings is 1. The lowest BCUT2D eigenvalue weighted by atomic mass is 10.0. The largest absolute Gasteiger partial charge is 0.294 e. The number of hydrogen-bond donors (Lipinski definition) is 0. The van der Waals surface area contributed by atoms with Crippen LogP contribution in [0.1, 0.15) is 24.1 Å². The average molecular weight is 309 g/mol. The maximum Gasteiger partial charge on any atom is 0.0379 e. The van der Waals surface area contributed by atoms with Crippen molar-refractivity contribution >= 4 is 38.9 Å². The topological polar surface area (TPSA) is 3.24 Å². The molecule has 84 valence electrons. The molecule has 1 unspecified atom stereocenters. The summed E-state index contributed by atoms with van der Waals surface area (Å²) in [5, 5.41) is 2.15. The van der Waals surface area contributed by atoms with Crippen molar-refractivity contribution in [3.05, 3.63) is 20.8 Å². The normalized spacial score (nSPS) is 23.2. The Morgan fingerprint density at radius 1 is 1.53 bits per heavy atom. The van der Waals surface area contributed by atoms with Gasteiger partial charge < -0.3 is 0 Å². The van der Waals surface area contributed by atoms with Gasteiger partial charge in [-0.15, -0.1) is 22.9 Å². The first-order chi connectivity index (χ1) is 7.29. The minimum atomic E-state index is 0.585. The second-order valence-electron chi connectivity index (χ2n) is 4.01. The van der Waals surface area contributed by atoms with Crippen LogP contribution >= 0.6 is 38.9 Å². The van der Waals surface area contributed by atoms with Crippen molar-refractivity contribution in [1.29, 1.82) is 0 Å². The molecule has 1 saturated heterocycles. The number of halogens is 2. The highest BCUT2D eigenvalue weighted by molar-refractivity contribution is 9.10. The molecule has 0 saturated carbocycles. The van der Waals surface area contributed by atoms with Gasteiger partial charge in [-0.05, 0) is 41.4 Å². The van der Waals surface area contributed by atoms with Gasteiger partial charge >= 0.3 is 0 Å². The highest BCUT2D eigenvalue weighted by atomic mass is 79.9. The van der Waals surface area contributed by atoms with Gasteiger partial charge in [-0.2, -0.15) is 0 Å². The van der Waals surface area contributed by atoms with E-state index in [1.807, 2.05) is 11.3 Å². The molecule has 0 amide bonds. The van der Waals surface area contributed by atoms with Crippen LogP contribution in [0.3, 0.4) is 0 Å². The summed E-state index contributed by atoms with van der Waals surface area (Å²) in [6.45, 7) is 2.26. The van der Waals surface area contributed by atoms with E-state index in [0.29, 0.717) is 6.04 Å². The van der Waals surface area contributed by atoms with E-state index >= 15 is 0 Å². The van der Waals surface area contributed by atoms with Crippen molar-refractivity contribution < 1.29 is 0 Å². The van der Waals surface area contributed by atoms with Crippen molar-refractivity contribution in [1.82, 2.24) is 4.90 Å². The van der Waals surface area contributed by atoms with Crippen molar-refractivity contribution in [2.75, 3.05) is 12.4 Å². The first-order valence-electron chi connectivity index (χ1n) is 5.32. The predicted octanol–water partition coefficient (Wildman–Crippen LogP) is 4.10. The van der Waals surface area contributed by atoms with Gasteiger partial charge in [0.2, 0.25) is 0 Å². The summed E-state index contributed by atoms with van der Waals surface area (Å²) in [6, 6.07) is 2.80. The van der Waals surface area contributed by atoms with E-state index < -0.39 is 0 Å². The van der Waals surface area contributed by atoms with E-state index in [1.54, 1.807) is 0 Å². The maximum atomic E-state index is 6.00. The van der Waals surface area contributed by atoms with Crippen LogP contribution in [0.25, 0.3) is 0 Å². The van der Waals surface area contributed by atoms with Crippen LogP contribution in [0, 0.1) is 0 Å². The first-order valence-corrected chi connectivity index (χ1v) is 7.53. The van der Waals surface area contributed by atoms with Crippen LogP contribution in [0.4, 0.5) is 0 Å². The molecular weight excluding hydrogens is 294 g/mol. The second-order valence-corrected chi connectivity index (χ2v) is 6.23. The molecule has 1 aromatic heterocycles. The number of alkyl halides is 1. The third kappa shape index (κ3) is 3.19. The Balaban J connectivity index is 1.97. The smallest absolute Gasteiger partial charge is 0.0379 e. The molecule has 2 heterocycles. The molecule has 1 aliphatic heterocycles. The van der Waals surface area contributed by atoms with Gasteiger partial charge in [0, 0.05) is 33.2 Å². The molecule has 0 bridgehead atoms. The predicted molar refractivity (Wildman–Crippen MR) is 70.8 cm³/mol. The summed E-state index contributed by atoms with van der Waals surface area (Å²) in [5.41, 5.74) is 0. The second kappa shape index (κ2) is 5.67. The van der Waals surface area contributed by atoms with Gasteiger partial charge in [0.05, 0.1) is 0 Å². The SMILES string of the molecule is ClCC1CCCCN1Cc1cc(Br)cs1. The van der Waals surface area contributed by atoms with Gasteiger partial charge in [-0.25, -0.2) is 0 Å². The van der Waals surface area contributed by atoms with Crippen molar-refractivity contribution in [2.24, 2.45) is 0 Å². The molecule has 1 nitrogen and oxygen atoms in total. The van der Waals surface area contributed by atoms with Gasteiger partial charge in [-0.1, -0.05) is 6.42 Å². The Bertz CT molecular complexity index is 315. The fourth-order valence-corrected chi connectivity index (χ4v) is 3.90. The average Bonchev–Trinajstić information content (AvgIpc) is 2.65. The van der Waals surface area contributed by atoms with E-state index in [1.165, 1.54) is 35.2 Å². The van der Waals surface area contributed by atoms with Crippen molar-refractivity contribution in [2.45, 2.75) is 31.8 Å². The summed E-state index contributed by atoms with van der Waals surface area (Å²) < 4.78 is 1.20. The van der Waals surface area contributed by atoms with Crippen LogP contribution in [0.2, 0.25) is 0 Å². The monoisotopic (exact) mass is 307 g/mol. The van der Waals surface area contributed by atoms with Crippen molar-refractivity contribution in [3.8, 4) is 0 Å². The third-order valence-electron chi connectivity index (χ3n) is 2.91. The lowest BCUT2D eigenvalue weighted by molar-refractivity contribution is 0.156. The Labute approximate surface area is 109 Å². The van der Waals surface area contributed by atoms with E-state index in [0.717, 1.165) is 12.4 Å². The molecule has 0 spiro atoms. The van der Waals surface area contributed by atoms with E-state index in [-0.39, 0.29) is 0 Å². The minimum absolute atomic E-state index is 0.585. The Kier molecular flexibility index (Phi) is 4.50. The lowest BCUT2D eigenvalue weighted by Crippen LogP contribution is -2.39. The Hall–Kier alpha value is 0.430. The molecular formula is C11H15BrClNS. The lowest BCUT2D eigenvalue weighted by Gasteiger charge is -2.34. The molecule has 0 aromatic carbocycles. The molecule has 1 aliphatic rings. The van der Waals surface area contributed by atoms with Gasteiger partial charge in [0.15, 0.2) is 0 Å². The fourth-order valence-electron chi connectivity index (χ4n) is 2.08. The zero-order valence-electron chi connectivity index (χ0n) is 8.59. The zero-order valence-corrected chi connectivity index (χ0v) is 11.7. The van der Waals surface area contributed by atoms with Crippen LogP contribution in [-0.2, 0) is 6.54 Å². The summed E-state index contributed by atoms with van der Waals surface area (Å²) >= 11 is 11.3. The third-order valence-corrected chi connectivity index (χ3v) is 4.95. The molecule has 1 aromatic rings. The fraction of sp³-hybridized carbons (Fsp3) is 0.636. The Morgan fingerprint density at radius 3 is 3.07 bits per heavy atom. The van der Waals surface area contributed by atoms with Crippen LogP contribution < -0.4 is 0 Å². The highest BCUT2D eigenvalue weighted by Crippen LogP contribution is 2.25. The van der Waals surface area contributed by atoms with E-state index in [2.05, 4.69) is 32.3 Å². The van der Waals surface area contributed by atoms with E-state index in [9.17, 15) is 0 Å². The van der Waals surface area contributed by atoms with E-state index in [4.69, 9.17) is 11.6 Å². The molecule has 0 radical (unpaired) electrons. The molecule has 15 heavy (non-hydrogen) atoms. The van der Waals surface area contributed by atoms with Gasteiger partial charge in [-0.3, -0.25) is 4.90 Å². The van der Waals surface area contributed by atoms with Crippen LogP contribution in [0.15, 0.2) is 15.9 Å². The molecule has 4 heteroatoms. The number of hydrogen-bond acceptors (Lipinski definition) is 2. The van der Waals surface area contributed by atoms with Crippen LogP contribution in [-0.4, -0.2) is 23.4 Å². The minimum Gasteiger partial charge on any atom is -0.294 e. The Morgan fingerprint density at radius 2 is 2.40 bits per heavy atom. The highest BCUT2D eigenvalue weighted by Gasteiger charge is 2.21. The number of nitrogens with zero attached hydrogens (tertiary/aromatic N) is 1. The zero-order chi connectivity index (χ0) is 10.7. The summed E-state index contributed by atoms with van der Waals surface area (Å²) in [5.74, 6) is 0.770. The number of likely N-dealkylation sites (tertiary alicyclic amines) is 1. The van der Waals surface area contributed by atoms with Crippen LogP contribution in [0.5, 0.6) is 0 Å². The number of thiophene rings is 1. The molecule has 0 N–H and O–H groups in total. The number of rotatable bonds is 3. The summed E-state index contributed by atoms with van der Waals surface area (Å²) in [7, 11) is 0. The molecule has 1 fully saturated rings. The first kappa shape index (κ1) is 11.9.